The van der Waals surface area contributed by atoms with E-state index in [1.165, 1.54) is 16.8 Å². The molecule has 1 atom stereocenters. The molecular formula is C22H23N3. The number of aromatic nitrogens is 1. The van der Waals surface area contributed by atoms with E-state index in [1.54, 1.807) is 0 Å². The van der Waals surface area contributed by atoms with Gasteiger partial charge in [-0.15, -0.1) is 6.42 Å². The number of nitrogens with zero attached hydrogens (tertiary/aromatic N) is 2. The van der Waals surface area contributed by atoms with Crippen molar-refractivity contribution in [2.24, 2.45) is 5.92 Å². The molecule has 3 nitrogen and oxygen atoms in total. The van der Waals surface area contributed by atoms with E-state index in [-0.39, 0.29) is 5.92 Å². The van der Waals surface area contributed by atoms with Crippen LogP contribution < -0.4 is 5.32 Å². The van der Waals surface area contributed by atoms with Gasteiger partial charge in [-0.3, -0.25) is 0 Å². The van der Waals surface area contributed by atoms with Crippen molar-refractivity contribution >= 4 is 5.82 Å². The largest absolute Gasteiger partial charge is 0.342 e. The molecule has 0 amide bonds. The van der Waals surface area contributed by atoms with Crippen LogP contribution in [0.25, 0.3) is 0 Å². The summed E-state index contributed by atoms with van der Waals surface area (Å²) < 4.78 is 0. The molecule has 2 aliphatic heterocycles. The fourth-order valence-corrected chi connectivity index (χ4v) is 4.03. The fourth-order valence-electron chi connectivity index (χ4n) is 4.03. The van der Waals surface area contributed by atoms with E-state index in [1.807, 2.05) is 18.3 Å². The van der Waals surface area contributed by atoms with Crippen LogP contribution in [0.15, 0.2) is 59.9 Å². The minimum Gasteiger partial charge on any atom is -0.342 e. The number of allylic oxidation sites excluding steroid dienone is 2. The summed E-state index contributed by atoms with van der Waals surface area (Å²) in [4.78, 5) is 6.98. The van der Waals surface area contributed by atoms with Gasteiger partial charge in [0.2, 0.25) is 0 Å². The van der Waals surface area contributed by atoms with Gasteiger partial charge in [-0.25, -0.2) is 4.98 Å². The molecule has 1 N–H and O–H groups in total. The van der Waals surface area contributed by atoms with Crippen molar-refractivity contribution in [2.45, 2.75) is 18.8 Å². The standard InChI is InChI=1S/C22H23N3/c1-3-18-20(16-8-5-4-6-9-16)19-10-7-13-23-22(19)24-21(18)17-11-14-25(2)15-12-17/h1,4-10,13,17,20H,11-12,14-15H2,2H3,(H,23,24). The summed E-state index contributed by atoms with van der Waals surface area (Å²) >= 11 is 0. The molecule has 0 bridgehead atoms. The molecule has 2 aromatic rings. The second-order valence-corrected chi connectivity index (χ2v) is 6.96. The van der Waals surface area contributed by atoms with Gasteiger partial charge in [0.05, 0.1) is 0 Å². The first-order valence-electron chi connectivity index (χ1n) is 8.94. The first-order chi connectivity index (χ1) is 12.3. The molecular weight excluding hydrogens is 306 g/mol. The summed E-state index contributed by atoms with van der Waals surface area (Å²) in [7, 11) is 2.19. The number of hydrogen-bond donors (Lipinski definition) is 1. The SMILES string of the molecule is C#CC1=C(C2CCN(C)CC2)Nc2ncccc2C1c1ccccc1. The van der Waals surface area contributed by atoms with Crippen LogP contribution in [0.4, 0.5) is 5.82 Å². The lowest BCUT2D eigenvalue weighted by Crippen LogP contribution is -2.34. The number of piperidine rings is 1. The Labute approximate surface area is 149 Å². The van der Waals surface area contributed by atoms with Crippen molar-refractivity contribution in [3.63, 3.8) is 0 Å². The fraction of sp³-hybridized carbons (Fsp3) is 0.318. The molecule has 1 fully saturated rings. The molecule has 4 rings (SSSR count). The predicted octanol–water partition coefficient (Wildman–Crippen LogP) is 3.87. The van der Waals surface area contributed by atoms with Crippen LogP contribution in [0.1, 0.15) is 29.9 Å². The second kappa shape index (κ2) is 6.74. The Hall–Kier alpha value is -2.57. The molecule has 0 aliphatic carbocycles. The lowest BCUT2D eigenvalue weighted by Gasteiger charge is -2.36. The topological polar surface area (TPSA) is 28.2 Å². The van der Waals surface area contributed by atoms with E-state index in [4.69, 9.17) is 6.42 Å². The quantitative estimate of drug-likeness (QED) is 0.848. The van der Waals surface area contributed by atoms with Crippen molar-refractivity contribution < 1.29 is 0 Å². The zero-order chi connectivity index (χ0) is 17.2. The highest BCUT2D eigenvalue weighted by Gasteiger charge is 2.33. The Bertz CT molecular complexity index is 824. The van der Waals surface area contributed by atoms with E-state index in [9.17, 15) is 0 Å². The number of nitrogens with one attached hydrogen (secondary N) is 1. The number of likely N-dealkylation sites (tertiary alicyclic amines) is 1. The summed E-state index contributed by atoms with van der Waals surface area (Å²) in [6.07, 6.45) is 10.1. The van der Waals surface area contributed by atoms with Crippen LogP contribution >= 0.6 is 0 Å². The predicted molar refractivity (Wildman–Crippen MR) is 102 cm³/mol. The van der Waals surface area contributed by atoms with Gasteiger partial charge in [-0.2, -0.15) is 0 Å². The molecule has 126 valence electrons. The summed E-state index contributed by atoms with van der Waals surface area (Å²) in [5, 5.41) is 3.59. The van der Waals surface area contributed by atoms with E-state index in [0.717, 1.165) is 37.3 Å². The molecule has 25 heavy (non-hydrogen) atoms. The van der Waals surface area contributed by atoms with Crippen LogP contribution in [-0.2, 0) is 0 Å². The Morgan fingerprint density at radius 3 is 2.60 bits per heavy atom. The summed E-state index contributed by atoms with van der Waals surface area (Å²) in [5.41, 5.74) is 4.67. The number of benzene rings is 1. The van der Waals surface area contributed by atoms with Gasteiger partial charge >= 0.3 is 0 Å². The van der Waals surface area contributed by atoms with Gasteiger partial charge in [0.1, 0.15) is 5.82 Å². The van der Waals surface area contributed by atoms with Crippen molar-refractivity contribution in [1.82, 2.24) is 9.88 Å². The second-order valence-electron chi connectivity index (χ2n) is 6.96. The van der Waals surface area contributed by atoms with Crippen LogP contribution in [0.3, 0.4) is 0 Å². The maximum atomic E-state index is 6.03. The monoisotopic (exact) mass is 329 g/mol. The molecule has 2 aliphatic rings. The molecule has 1 unspecified atom stereocenters. The van der Waals surface area contributed by atoms with Crippen LogP contribution in [0.5, 0.6) is 0 Å². The van der Waals surface area contributed by atoms with Crippen molar-refractivity contribution in [3.05, 3.63) is 71.1 Å². The minimum atomic E-state index is 0.0887. The van der Waals surface area contributed by atoms with E-state index >= 15 is 0 Å². The molecule has 1 aromatic carbocycles. The normalized spacial score (nSPS) is 21.4. The van der Waals surface area contributed by atoms with Crippen LogP contribution in [-0.4, -0.2) is 30.0 Å². The maximum absolute atomic E-state index is 6.03. The Morgan fingerprint density at radius 2 is 1.88 bits per heavy atom. The summed E-state index contributed by atoms with van der Waals surface area (Å²) in [5.74, 6) is 4.54. The van der Waals surface area contributed by atoms with Gasteiger partial charge in [-0.05, 0) is 44.6 Å². The summed E-state index contributed by atoms with van der Waals surface area (Å²) in [6, 6.07) is 14.7. The number of anilines is 1. The number of terminal acetylenes is 1. The van der Waals surface area contributed by atoms with Crippen molar-refractivity contribution in [2.75, 3.05) is 25.5 Å². The van der Waals surface area contributed by atoms with Crippen LogP contribution in [0, 0.1) is 18.3 Å². The number of hydrogen-bond acceptors (Lipinski definition) is 3. The Balaban J connectivity index is 1.83. The van der Waals surface area contributed by atoms with Gasteiger partial charge < -0.3 is 10.2 Å². The zero-order valence-electron chi connectivity index (χ0n) is 14.6. The Kier molecular flexibility index (Phi) is 4.29. The van der Waals surface area contributed by atoms with Gasteiger partial charge in [-0.1, -0.05) is 42.3 Å². The smallest absolute Gasteiger partial charge is 0.134 e. The third kappa shape index (κ3) is 2.94. The number of fused-ring (bicyclic) bond motifs is 1. The average molecular weight is 329 g/mol. The lowest BCUT2D eigenvalue weighted by atomic mass is 9.78. The highest BCUT2D eigenvalue weighted by molar-refractivity contribution is 5.65. The van der Waals surface area contributed by atoms with E-state index in [2.05, 4.69) is 58.5 Å². The molecule has 1 aromatic heterocycles. The molecule has 1 saturated heterocycles. The average Bonchev–Trinajstić information content (AvgIpc) is 2.67. The molecule has 3 heteroatoms. The molecule has 3 heterocycles. The number of pyridine rings is 1. The van der Waals surface area contributed by atoms with Crippen molar-refractivity contribution in [1.29, 1.82) is 0 Å². The highest BCUT2D eigenvalue weighted by atomic mass is 15.1. The molecule has 0 radical (unpaired) electrons. The Morgan fingerprint density at radius 1 is 1.12 bits per heavy atom. The van der Waals surface area contributed by atoms with Crippen LogP contribution in [0.2, 0.25) is 0 Å². The molecule has 0 spiro atoms. The maximum Gasteiger partial charge on any atom is 0.134 e. The third-order valence-electron chi connectivity index (χ3n) is 5.40. The highest BCUT2D eigenvalue weighted by Crippen LogP contribution is 2.43. The van der Waals surface area contributed by atoms with Gasteiger partial charge in [0.15, 0.2) is 0 Å². The first-order valence-corrected chi connectivity index (χ1v) is 8.94. The van der Waals surface area contributed by atoms with E-state index in [0.29, 0.717) is 5.92 Å². The van der Waals surface area contributed by atoms with Gasteiger partial charge in [0, 0.05) is 34.9 Å². The summed E-state index contributed by atoms with van der Waals surface area (Å²) in [6.45, 7) is 2.22. The number of rotatable bonds is 2. The molecule has 0 saturated carbocycles. The van der Waals surface area contributed by atoms with Gasteiger partial charge in [0.25, 0.3) is 0 Å². The zero-order valence-corrected chi connectivity index (χ0v) is 14.6. The first kappa shape index (κ1) is 15.9. The lowest BCUT2D eigenvalue weighted by molar-refractivity contribution is 0.238. The third-order valence-corrected chi connectivity index (χ3v) is 5.40. The van der Waals surface area contributed by atoms with Crippen molar-refractivity contribution in [3.8, 4) is 12.3 Å². The minimum absolute atomic E-state index is 0.0887. The van der Waals surface area contributed by atoms with E-state index < -0.39 is 0 Å².